The minimum absolute atomic E-state index is 0.168. The Labute approximate surface area is 183 Å². The second kappa shape index (κ2) is 8.87. The Kier molecular flexibility index (Phi) is 6.50. The molecule has 0 spiro atoms. The molecule has 8 heteroatoms. The van der Waals surface area contributed by atoms with Crippen LogP contribution in [0.5, 0.6) is 11.5 Å². The molecule has 0 atom stereocenters. The van der Waals surface area contributed by atoms with Gasteiger partial charge in [-0.2, -0.15) is 0 Å². The molecule has 0 bridgehead atoms. The van der Waals surface area contributed by atoms with Crippen LogP contribution in [-0.4, -0.2) is 24.9 Å². The molecule has 0 radical (unpaired) electrons. The molecule has 0 saturated heterocycles. The molecule has 144 valence electrons. The maximum absolute atomic E-state index is 12.2. The van der Waals surface area contributed by atoms with E-state index in [1.807, 2.05) is 46.9 Å². The highest BCUT2D eigenvalue weighted by Crippen LogP contribution is 2.35. The number of hydrogen-bond donors (Lipinski definition) is 0. The first-order chi connectivity index (χ1) is 13.4. The van der Waals surface area contributed by atoms with Gasteiger partial charge in [-0.05, 0) is 74.4 Å². The van der Waals surface area contributed by atoms with E-state index in [0.29, 0.717) is 26.2 Å². The number of methoxy groups -OCH3 is 1. The van der Waals surface area contributed by atoms with E-state index in [9.17, 15) is 9.59 Å². The van der Waals surface area contributed by atoms with Gasteiger partial charge in [0.25, 0.3) is 0 Å². The van der Waals surface area contributed by atoms with Gasteiger partial charge in [0.1, 0.15) is 0 Å². The van der Waals surface area contributed by atoms with Gasteiger partial charge in [0.15, 0.2) is 17.2 Å². The van der Waals surface area contributed by atoms with Crippen molar-refractivity contribution in [1.82, 2.24) is 0 Å². The fourth-order valence-electron chi connectivity index (χ4n) is 2.43. The summed E-state index contributed by atoms with van der Waals surface area (Å²) in [5, 5.41) is 0. The maximum atomic E-state index is 12.2. The Hall–Kier alpha value is -2.20. The van der Waals surface area contributed by atoms with Crippen molar-refractivity contribution in [3.8, 4) is 11.5 Å². The van der Waals surface area contributed by atoms with E-state index in [-0.39, 0.29) is 24.0 Å². The Morgan fingerprint density at radius 2 is 2.07 bits per heavy atom. The minimum atomic E-state index is -0.541. The van der Waals surface area contributed by atoms with E-state index < -0.39 is 5.97 Å². The topological polar surface area (TPSA) is 74.2 Å². The summed E-state index contributed by atoms with van der Waals surface area (Å²) in [4.78, 5) is 28.2. The van der Waals surface area contributed by atoms with E-state index in [1.165, 1.54) is 7.11 Å². The second-order valence-electron chi connectivity index (χ2n) is 5.68. The molecule has 0 amide bonds. The third kappa shape index (κ3) is 4.44. The number of halogens is 2. The number of nitrogens with zero attached hydrogens (tertiary/aromatic N) is 1. The lowest BCUT2D eigenvalue weighted by Crippen LogP contribution is -2.08. The molecule has 2 aromatic carbocycles. The monoisotopic (exact) mass is 555 g/mol. The van der Waals surface area contributed by atoms with Gasteiger partial charge in [-0.25, -0.2) is 9.79 Å². The van der Waals surface area contributed by atoms with Crippen molar-refractivity contribution in [2.24, 2.45) is 4.99 Å². The van der Waals surface area contributed by atoms with Gasteiger partial charge in [-0.15, -0.1) is 0 Å². The van der Waals surface area contributed by atoms with Crippen LogP contribution < -0.4 is 9.47 Å². The molecule has 28 heavy (non-hydrogen) atoms. The molecule has 0 aliphatic carbocycles. The smallest absolute Gasteiger partial charge is 0.363 e. The zero-order chi connectivity index (χ0) is 20.3. The molecule has 2 aromatic rings. The molecule has 0 unspecified atom stereocenters. The third-order valence-corrected chi connectivity index (χ3v) is 5.28. The molecule has 3 rings (SSSR count). The van der Waals surface area contributed by atoms with E-state index in [2.05, 4.69) is 20.9 Å². The first kappa shape index (κ1) is 20.5. The van der Waals surface area contributed by atoms with Crippen molar-refractivity contribution in [2.75, 3.05) is 7.11 Å². The van der Waals surface area contributed by atoms with E-state index in [1.54, 1.807) is 25.1 Å². The fraction of sp³-hybridized carbons (Fsp3) is 0.150. The first-order valence-corrected chi connectivity index (χ1v) is 10.2. The van der Waals surface area contributed by atoms with Crippen LogP contribution in [0.15, 0.2) is 51.6 Å². The van der Waals surface area contributed by atoms with Crippen LogP contribution in [-0.2, 0) is 14.3 Å². The highest BCUT2D eigenvalue weighted by molar-refractivity contribution is 14.1. The van der Waals surface area contributed by atoms with Crippen molar-refractivity contribution in [1.29, 1.82) is 0 Å². The largest absolute Gasteiger partial charge is 0.493 e. The van der Waals surface area contributed by atoms with Crippen molar-refractivity contribution in [3.05, 3.63) is 61.3 Å². The highest BCUT2D eigenvalue weighted by Gasteiger charge is 2.25. The lowest BCUT2D eigenvalue weighted by atomic mass is 10.1. The van der Waals surface area contributed by atoms with Gasteiger partial charge in [-0.3, -0.25) is 4.79 Å². The third-order valence-electron chi connectivity index (χ3n) is 3.78. The van der Waals surface area contributed by atoms with Gasteiger partial charge in [0.2, 0.25) is 5.90 Å². The lowest BCUT2D eigenvalue weighted by Gasteiger charge is -2.11. The standard InChI is InChI=1S/C20H15BrINO5/c1-3-17(24)27-18-14(22)8-11(10-16(18)26-2)9-15-20(25)28-19(23-15)12-6-4-5-7-13(12)21/h4-10H,3H2,1-2H3/b15-9-. The molecule has 1 aliphatic rings. The van der Waals surface area contributed by atoms with Crippen LogP contribution >= 0.6 is 38.5 Å². The Balaban J connectivity index is 1.97. The van der Waals surface area contributed by atoms with Crippen LogP contribution in [0.1, 0.15) is 24.5 Å². The maximum Gasteiger partial charge on any atom is 0.363 e. The predicted octanol–water partition coefficient (Wildman–Crippen LogP) is 4.72. The van der Waals surface area contributed by atoms with Crippen LogP contribution in [0.3, 0.4) is 0 Å². The van der Waals surface area contributed by atoms with Crippen molar-refractivity contribution < 1.29 is 23.8 Å². The Morgan fingerprint density at radius 3 is 2.75 bits per heavy atom. The van der Waals surface area contributed by atoms with Crippen LogP contribution in [0, 0.1) is 3.57 Å². The Bertz CT molecular complexity index is 1020. The quantitative estimate of drug-likeness (QED) is 0.231. The molecular formula is C20H15BrINO5. The van der Waals surface area contributed by atoms with Crippen LogP contribution in [0.25, 0.3) is 6.08 Å². The highest BCUT2D eigenvalue weighted by atomic mass is 127. The average molecular weight is 556 g/mol. The first-order valence-electron chi connectivity index (χ1n) is 8.28. The summed E-state index contributed by atoms with van der Waals surface area (Å²) >= 11 is 5.47. The molecule has 0 saturated carbocycles. The van der Waals surface area contributed by atoms with Crippen LogP contribution in [0.4, 0.5) is 0 Å². The van der Waals surface area contributed by atoms with Gasteiger partial charge in [0, 0.05) is 10.9 Å². The number of carbonyl (C=O) groups excluding carboxylic acids is 2. The van der Waals surface area contributed by atoms with Gasteiger partial charge < -0.3 is 14.2 Å². The van der Waals surface area contributed by atoms with E-state index in [0.717, 1.165) is 4.47 Å². The fourth-order valence-corrected chi connectivity index (χ4v) is 3.61. The molecule has 0 fully saturated rings. The summed E-state index contributed by atoms with van der Waals surface area (Å²) in [6.45, 7) is 1.72. The van der Waals surface area contributed by atoms with Gasteiger partial charge in [0.05, 0.1) is 16.2 Å². The number of carbonyl (C=O) groups is 2. The molecule has 6 nitrogen and oxygen atoms in total. The molecule has 0 N–H and O–H groups in total. The van der Waals surface area contributed by atoms with Crippen molar-refractivity contribution >= 4 is 62.4 Å². The summed E-state index contributed by atoms with van der Waals surface area (Å²) in [5.74, 6) is 0.0786. The number of esters is 2. The zero-order valence-electron chi connectivity index (χ0n) is 15.0. The lowest BCUT2D eigenvalue weighted by molar-refractivity contribution is -0.134. The summed E-state index contributed by atoms with van der Waals surface area (Å²) in [6, 6.07) is 10.8. The second-order valence-corrected chi connectivity index (χ2v) is 7.69. The number of rotatable bonds is 5. The number of cyclic esters (lactones) is 1. The minimum Gasteiger partial charge on any atom is -0.493 e. The average Bonchev–Trinajstić information content (AvgIpc) is 3.03. The van der Waals surface area contributed by atoms with Gasteiger partial charge in [-0.1, -0.05) is 19.1 Å². The van der Waals surface area contributed by atoms with E-state index in [4.69, 9.17) is 14.2 Å². The number of benzene rings is 2. The van der Waals surface area contributed by atoms with E-state index >= 15 is 0 Å². The molecule has 0 aromatic heterocycles. The summed E-state index contributed by atoms with van der Waals surface area (Å²) in [6.07, 6.45) is 1.85. The van der Waals surface area contributed by atoms with Crippen molar-refractivity contribution in [2.45, 2.75) is 13.3 Å². The summed E-state index contributed by atoms with van der Waals surface area (Å²) in [7, 11) is 1.48. The SMILES string of the molecule is CCC(=O)Oc1c(I)cc(/C=C2\N=C(c3ccccc3Br)OC2=O)cc1OC. The Morgan fingerprint density at radius 1 is 1.32 bits per heavy atom. The number of aliphatic imine (C=N–C) groups is 1. The predicted molar refractivity (Wildman–Crippen MR) is 116 cm³/mol. The van der Waals surface area contributed by atoms with Crippen molar-refractivity contribution in [3.63, 3.8) is 0 Å². The molecular weight excluding hydrogens is 541 g/mol. The molecule has 1 aliphatic heterocycles. The zero-order valence-corrected chi connectivity index (χ0v) is 18.7. The molecule has 1 heterocycles. The number of ether oxygens (including phenoxy) is 3. The van der Waals surface area contributed by atoms with Crippen LogP contribution in [0.2, 0.25) is 0 Å². The summed E-state index contributed by atoms with van der Waals surface area (Å²) in [5.41, 5.74) is 1.52. The summed E-state index contributed by atoms with van der Waals surface area (Å²) < 4.78 is 17.4. The normalized spacial score (nSPS) is 14.6. The number of hydrogen-bond acceptors (Lipinski definition) is 6. The van der Waals surface area contributed by atoms with Gasteiger partial charge >= 0.3 is 11.9 Å².